The molecule has 6 heteroatoms. The number of aromatic nitrogens is 1. The van der Waals surface area contributed by atoms with E-state index >= 15 is 0 Å². The average molecular weight is 341 g/mol. The Kier molecular flexibility index (Phi) is 5.38. The van der Waals surface area contributed by atoms with E-state index in [0.717, 1.165) is 5.69 Å². The molecular formula is C19H20FN3O2. The molecule has 1 aromatic heterocycles. The van der Waals surface area contributed by atoms with Gasteiger partial charge in [-0.15, -0.1) is 0 Å². The van der Waals surface area contributed by atoms with Crippen molar-refractivity contribution in [2.75, 3.05) is 31.1 Å². The van der Waals surface area contributed by atoms with Crippen LogP contribution in [0, 0.1) is 5.82 Å². The third-order valence-corrected chi connectivity index (χ3v) is 4.32. The second-order valence-electron chi connectivity index (χ2n) is 5.99. The minimum absolute atomic E-state index is 0.0248. The van der Waals surface area contributed by atoms with Gasteiger partial charge < -0.3 is 9.80 Å². The number of amides is 1. The number of ketones is 1. The van der Waals surface area contributed by atoms with Gasteiger partial charge in [0.2, 0.25) is 5.91 Å². The maximum atomic E-state index is 13.3. The van der Waals surface area contributed by atoms with Gasteiger partial charge in [0.05, 0.1) is 0 Å². The van der Waals surface area contributed by atoms with Gasteiger partial charge in [-0.2, -0.15) is 0 Å². The van der Waals surface area contributed by atoms with E-state index in [-0.39, 0.29) is 30.3 Å². The fourth-order valence-corrected chi connectivity index (χ4v) is 2.92. The van der Waals surface area contributed by atoms with E-state index in [2.05, 4.69) is 9.88 Å². The van der Waals surface area contributed by atoms with Crippen LogP contribution < -0.4 is 4.90 Å². The summed E-state index contributed by atoms with van der Waals surface area (Å²) in [6.45, 7) is 2.47. The summed E-state index contributed by atoms with van der Waals surface area (Å²) in [5.74, 6) is -0.403. The molecule has 1 amide bonds. The molecule has 25 heavy (non-hydrogen) atoms. The molecule has 2 aromatic rings. The molecule has 0 radical (unpaired) electrons. The van der Waals surface area contributed by atoms with E-state index in [0.29, 0.717) is 31.9 Å². The van der Waals surface area contributed by atoms with Gasteiger partial charge in [-0.1, -0.05) is 12.1 Å². The highest BCUT2D eigenvalue weighted by molar-refractivity contribution is 5.96. The van der Waals surface area contributed by atoms with Gasteiger partial charge >= 0.3 is 0 Å². The number of halogens is 1. The summed E-state index contributed by atoms with van der Waals surface area (Å²) in [7, 11) is 0. The number of anilines is 1. The first-order valence-corrected chi connectivity index (χ1v) is 8.36. The topological polar surface area (TPSA) is 53.5 Å². The standard InChI is InChI=1S/C19H20FN3O2/c20-15-4-3-5-16(14-15)22-10-12-23(13-11-22)19(25)8-7-18(24)17-6-1-2-9-21-17/h1-6,9,14H,7-8,10-13H2. The second kappa shape index (κ2) is 7.88. The molecule has 0 unspecified atom stereocenters. The zero-order valence-corrected chi connectivity index (χ0v) is 13.9. The molecular weight excluding hydrogens is 321 g/mol. The lowest BCUT2D eigenvalue weighted by atomic mass is 10.1. The van der Waals surface area contributed by atoms with Crippen molar-refractivity contribution in [1.82, 2.24) is 9.88 Å². The van der Waals surface area contributed by atoms with E-state index < -0.39 is 0 Å². The Morgan fingerprint density at radius 2 is 1.80 bits per heavy atom. The summed E-state index contributed by atoms with van der Waals surface area (Å²) >= 11 is 0. The van der Waals surface area contributed by atoms with E-state index in [9.17, 15) is 14.0 Å². The number of carbonyl (C=O) groups excluding carboxylic acids is 2. The Morgan fingerprint density at radius 1 is 1.00 bits per heavy atom. The van der Waals surface area contributed by atoms with Crippen molar-refractivity contribution in [3.8, 4) is 0 Å². The van der Waals surface area contributed by atoms with Gasteiger partial charge in [0, 0.05) is 50.9 Å². The first-order valence-electron chi connectivity index (χ1n) is 8.36. The summed E-state index contributed by atoms with van der Waals surface area (Å²) in [5.41, 5.74) is 1.23. The lowest BCUT2D eigenvalue weighted by Crippen LogP contribution is -2.48. The number of Topliss-reactive ketones (excluding diaryl/α,β-unsaturated/α-hetero) is 1. The lowest BCUT2D eigenvalue weighted by molar-refractivity contribution is -0.131. The van der Waals surface area contributed by atoms with Crippen LogP contribution in [0.2, 0.25) is 0 Å². The minimum Gasteiger partial charge on any atom is -0.368 e. The predicted octanol–water partition coefficient (Wildman–Crippen LogP) is 2.53. The number of carbonyl (C=O) groups is 2. The predicted molar refractivity (Wildman–Crippen MR) is 93.0 cm³/mol. The molecule has 1 aliphatic heterocycles. The summed E-state index contributed by atoms with van der Waals surface area (Å²) in [4.78, 5) is 32.2. The number of hydrogen-bond donors (Lipinski definition) is 0. The number of piperazine rings is 1. The van der Waals surface area contributed by atoms with Crippen LogP contribution in [-0.4, -0.2) is 47.8 Å². The van der Waals surface area contributed by atoms with Crippen LogP contribution in [0.15, 0.2) is 48.7 Å². The van der Waals surface area contributed by atoms with Crippen LogP contribution in [0.5, 0.6) is 0 Å². The van der Waals surface area contributed by atoms with Crippen LogP contribution >= 0.6 is 0 Å². The highest BCUT2D eigenvalue weighted by atomic mass is 19.1. The van der Waals surface area contributed by atoms with Crippen LogP contribution in [0.1, 0.15) is 23.3 Å². The zero-order valence-electron chi connectivity index (χ0n) is 13.9. The summed E-state index contributed by atoms with van der Waals surface area (Å²) in [6, 6.07) is 11.6. The lowest BCUT2D eigenvalue weighted by Gasteiger charge is -2.36. The molecule has 0 bridgehead atoms. The molecule has 2 heterocycles. The quantitative estimate of drug-likeness (QED) is 0.784. The van der Waals surface area contributed by atoms with Crippen LogP contribution in [0.3, 0.4) is 0 Å². The van der Waals surface area contributed by atoms with Crippen LogP contribution in [0.25, 0.3) is 0 Å². The fraction of sp³-hybridized carbons (Fsp3) is 0.316. The molecule has 1 saturated heterocycles. The maximum absolute atomic E-state index is 13.3. The number of hydrogen-bond acceptors (Lipinski definition) is 4. The molecule has 3 rings (SSSR count). The molecule has 0 spiro atoms. The van der Waals surface area contributed by atoms with Gasteiger partial charge in [-0.25, -0.2) is 4.39 Å². The number of nitrogens with zero attached hydrogens (tertiary/aromatic N) is 3. The summed E-state index contributed by atoms with van der Waals surface area (Å²) < 4.78 is 13.3. The molecule has 1 fully saturated rings. The van der Waals surface area contributed by atoms with Crippen molar-refractivity contribution in [3.05, 3.63) is 60.2 Å². The highest BCUT2D eigenvalue weighted by Gasteiger charge is 2.22. The summed E-state index contributed by atoms with van der Waals surface area (Å²) in [6.07, 6.45) is 1.93. The van der Waals surface area contributed by atoms with Gasteiger partial charge in [0.25, 0.3) is 0 Å². The largest absolute Gasteiger partial charge is 0.368 e. The van der Waals surface area contributed by atoms with E-state index in [1.165, 1.54) is 12.1 Å². The maximum Gasteiger partial charge on any atom is 0.223 e. The average Bonchev–Trinajstić information content (AvgIpc) is 2.66. The second-order valence-corrected chi connectivity index (χ2v) is 5.99. The molecule has 1 aliphatic rings. The molecule has 0 N–H and O–H groups in total. The van der Waals surface area contributed by atoms with Gasteiger partial charge in [-0.3, -0.25) is 14.6 Å². The van der Waals surface area contributed by atoms with Gasteiger partial charge in [0.15, 0.2) is 5.78 Å². The van der Waals surface area contributed by atoms with Crippen LogP contribution in [0.4, 0.5) is 10.1 Å². The number of pyridine rings is 1. The molecule has 1 aromatic carbocycles. The Morgan fingerprint density at radius 3 is 2.48 bits per heavy atom. The Balaban J connectivity index is 1.48. The zero-order chi connectivity index (χ0) is 17.6. The van der Waals surface area contributed by atoms with Crippen molar-refractivity contribution in [2.24, 2.45) is 0 Å². The molecule has 130 valence electrons. The fourth-order valence-electron chi connectivity index (χ4n) is 2.92. The van der Waals surface area contributed by atoms with E-state index in [1.54, 1.807) is 35.4 Å². The van der Waals surface area contributed by atoms with Crippen molar-refractivity contribution in [1.29, 1.82) is 0 Å². The Bertz CT molecular complexity index is 743. The number of rotatable bonds is 5. The normalized spacial score (nSPS) is 14.4. The third-order valence-electron chi connectivity index (χ3n) is 4.32. The Hall–Kier alpha value is -2.76. The van der Waals surface area contributed by atoms with E-state index in [1.807, 2.05) is 6.07 Å². The molecule has 0 saturated carbocycles. The van der Waals surface area contributed by atoms with Crippen LogP contribution in [-0.2, 0) is 4.79 Å². The van der Waals surface area contributed by atoms with Crippen molar-refractivity contribution in [2.45, 2.75) is 12.8 Å². The number of benzene rings is 1. The monoisotopic (exact) mass is 341 g/mol. The first kappa shape index (κ1) is 17.1. The van der Waals surface area contributed by atoms with Crippen molar-refractivity contribution >= 4 is 17.4 Å². The Labute approximate surface area is 146 Å². The SMILES string of the molecule is O=C(CCC(=O)N1CCN(c2cccc(F)c2)CC1)c1ccccn1. The smallest absolute Gasteiger partial charge is 0.223 e. The highest BCUT2D eigenvalue weighted by Crippen LogP contribution is 2.18. The molecule has 5 nitrogen and oxygen atoms in total. The van der Waals surface area contributed by atoms with Crippen molar-refractivity contribution < 1.29 is 14.0 Å². The summed E-state index contributed by atoms with van der Waals surface area (Å²) in [5, 5.41) is 0. The molecule has 0 atom stereocenters. The first-order chi connectivity index (χ1) is 12.1. The minimum atomic E-state index is -0.260. The molecule has 0 aliphatic carbocycles. The van der Waals surface area contributed by atoms with Gasteiger partial charge in [-0.05, 0) is 30.3 Å². The third kappa shape index (κ3) is 4.41. The van der Waals surface area contributed by atoms with Gasteiger partial charge in [0.1, 0.15) is 11.5 Å². The van der Waals surface area contributed by atoms with E-state index in [4.69, 9.17) is 0 Å². The van der Waals surface area contributed by atoms with Crippen molar-refractivity contribution in [3.63, 3.8) is 0 Å².